The molecule has 0 bridgehead atoms. The van der Waals surface area contributed by atoms with Gasteiger partial charge in [-0.2, -0.15) is 0 Å². The van der Waals surface area contributed by atoms with Gasteiger partial charge in [0, 0.05) is 55.8 Å². The van der Waals surface area contributed by atoms with Crippen LogP contribution in [0.5, 0.6) is 0 Å². The quantitative estimate of drug-likeness (QED) is 0.585. The minimum absolute atomic E-state index is 0.159. The van der Waals surface area contributed by atoms with E-state index >= 15 is 0 Å². The first-order valence-corrected chi connectivity index (χ1v) is 12.1. The van der Waals surface area contributed by atoms with E-state index in [4.69, 9.17) is 0 Å². The van der Waals surface area contributed by atoms with E-state index in [2.05, 4.69) is 57.7 Å². The highest BCUT2D eigenvalue weighted by atomic mass is 16.2. The van der Waals surface area contributed by atoms with Crippen LogP contribution in [0.1, 0.15) is 45.8 Å². The lowest BCUT2D eigenvalue weighted by Gasteiger charge is -2.39. The molecular weight excluding hydrogens is 440 g/mol. The summed E-state index contributed by atoms with van der Waals surface area (Å²) in [5.74, 6) is -0.234. The number of imide groups is 1. The zero-order valence-corrected chi connectivity index (χ0v) is 19.3. The summed E-state index contributed by atoms with van der Waals surface area (Å²) in [6.07, 6.45) is 2.46. The Hall–Kier alpha value is -3.84. The standard InChI is InChI=1S/C28H26N4O3/c33-26-9-8-25(27(34)30-26)32-17-21-13-20(6-7-23(21)28(32)35)24-12-18(10-11-29-24)14-31-15-22(16-31)19-4-2-1-3-5-19/h1-7,10-13,22,25H,8-9,14-17H2,(H,30,33,34). The van der Waals surface area contributed by atoms with Gasteiger partial charge in [-0.25, -0.2) is 0 Å². The van der Waals surface area contributed by atoms with Crippen LogP contribution in [0.2, 0.25) is 0 Å². The van der Waals surface area contributed by atoms with E-state index in [0.717, 1.165) is 36.5 Å². The molecule has 0 spiro atoms. The van der Waals surface area contributed by atoms with E-state index in [1.54, 1.807) is 4.90 Å². The molecule has 0 radical (unpaired) electrons. The predicted octanol–water partition coefficient (Wildman–Crippen LogP) is 3.11. The van der Waals surface area contributed by atoms with E-state index < -0.39 is 11.9 Å². The van der Waals surface area contributed by atoms with Crippen LogP contribution in [0, 0.1) is 0 Å². The lowest BCUT2D eigenvalue weighted by atomic mass is 9.91. The van der Waals surface area contributed by atoms with E-state index in [9.17, 15) is 14.4 Å². The van der Waals surface area contributed by atoms with Crippen molar-refractivity contribution >= 4 is 17.7 Å². The fourth-order valence-corrected chi connectivity index (χ4v) is 5.36. The highest BCUT2D eigenvalue weighted by Crippen LogP contribution is 2.32. The number of fused-ring (bicyclic) bond motifs is 1. The topological polar surface area (TPSA) is 82.6 Å². The minimum atomic E-state index is -0.603. The number of nitrogens with zero attached hydrogens (tertiary/aromatic N) is 3. The summed E-state index contributed by atoms with van der Waals surface area (Å²) in [6.45, 7) is 3.35. The molecule has 0 aliphatic carbocycles. The summed E-state index contributed by atoms with van der Waals surface area (Å²) in [5.41, 5.74) is 5.94. The molecule has 1 N–H and O–H groups in total. The largest absolute Gasteiger partial charge is 0.322 e. The van der Waals surface area contributed by atoms with Gasteiger partial charge in [0.2, 0.25) is 11.8 Å². The molecule has 3 aliphatic heterocycles. The van der Waals surface area contributed by atoms with Crippen molar-refractivity contribution in [3.05, 3.63) is 89.1 Å². The van der Waals surface area contributed by atoms with Crippen molar-refractivity contribution in [3.8, 4) is 11.3 Å². The summed E-state index contributed by atoms with van der Waals surface area (Å²) < 4.78 is 0. The van der Waals surface area contributed by atoms with Crippen molar-refractivity contribution in [2.45, 2.75) is 37.9 Å². The molecular formula is C28H26N4O3. The summed E-state index contributed by atoms with van der Waals surface area (Å²) in [4.78, 5) is 45.3. The lowest BCUT2D eigenvalue weighted by molar-refractivity contribution is -0.136. The molecule has 6 rings (SSSR count). The molecule has 4 heterocycles. The van der Waals surface area contributed by atoms with Crippen LogP contribution in [0.4, 0.5) is 0 Å². The average Bonchev–Trinajstić information content (AvgIpc) is 3.17. The second-order valence-electron chi connectivity index (χ2n) is 9.62. The summed E-state index contributed by atoms with van der Waals surface area (Å²) >= 11 is 0. The van der Waals surface area contributed by atoms with Gasteiger partial charge in [-0.15, -0.1) is 0 Å². The van der Waals surface area contributed by atoms with Gasteiger partial charge < -0.3 is 4.90 Å². The number of nitrogens with one attached hydrogen (secondary N) is 1. The van der Waals surface area contributed by atoms with Crippen molar-refractivity contribution in [1.29, 1.82) is 0 Å². The van der Waals surface area contributed by atoms with Gasteiger partial charge in [-0.05, 0) is 47.4 Å². The number of likely N-dealkylation sites (tertiary alicyclic amines) is 1. The van der Waals surface area contributed by atoms with Gasteiger partial charge in [0.25, 0.3) is 5.91 Å². The Labute approximate surface area is 203 Å². The molecule has 2 aromatic carbocycles. The maximum absolute atomic E-state index is 13.0. The highest BCUT2D eigenvalue weighted by molar-refractivity contribution is 6.05. The predicted molar refractivity (Wildman–Crippen MR) is 130 cm³/mol. The Morgan fingerprint density at radius 1 is 0.971 bits per heavy atom. The van der Waals surface area contributed by atoms with Gasteiger partial charge >= 0.3 is 0 Å². The molecule has 1 unspecified atom stereocenters. The van der Waals surface area contributed by atoms with E-state index in [1.165, 1.54) is 11.1 Å². The van der Waals surface area contributed by atoms with Crippen molar-refractivity contribution < 1.29 is 14.4 Å². The SMILES string of the molecule is O=C1CCC(N2Cc3cc(-c4cc(CN5CC(c6ccccc6)C5)ccn4)ccc3C2=O)C(=O)N1. The minimum Gasteiger partial charge on any atom is -0.322 e. The van der Waals surface area contributed by atoms with Crippen LogP contribution < -0.4 is 5.32 Å². The van der Waals surface area contributed by atoms with Crippen LogP contribution in [0.25, 0.3) is 11.3 Å². The Kier molecular flexibility index (Phi) is 5.41. The van der Waals surface area contributed by atoms with Crippen molar-refractivity contribution in [2.75, 3.05) is 13.1 Å². The number of rotatable bonds is 5. The third-order valence-corrected chi connectivity index (χ3v) is 7.28. The number of piperidine rings is 1. The summed E-state index contributed by atoms with van der Waals surface area (Å²) in [6, 6.07) is 20.0. The summed E-state index contributed by atoms with van der Waals surface area (Å²) in [5, 5.41) is 2.35. The Morgan fingerprint density at radius 3 is 2.60 bits per heavy atom. The zero-order valence-electron chi connectivity index (χ0n) is 19.3. The molecule has 35 heavy (non-hydrogen) atoms. The third kappa shape index (κ3) is 4.12. The van der Waals surface area contributed by atoms with E-state index in [0.29, 0.717) is 24.4 Å². The molecule has 7 heteroatoms. The first-order valence-electron chi connectivity index (χ1n) is 12.1. The first kappa shape index (κ1) is 21.7. The smallest absolute Gasteiger partial charge is 0.255 e. The van der Waals surface area contributed by atoms with Gasteiger partial charge in [0.05, 0.1) is 5.69 Å². The molecule has 0 saturated carbocycles. The normalized spacial score (nSPS) is 20.5. The van der Waals surface area contributed by atoms with Crippen molar-refractivity contribution in [3.63, 3.8) is 0 Å². The second-order valence-corrected chi connectivity index (χ2v) is 9.62. The highest BCUT2D eigenvalue weighted by Gasteiger charge is 2.39. The van der Waals surface area contributed by atoms with Crippen molar-refractivity contribution in [2.24, 2.45) is 0 Å². The number of aromatic nitrogens is 1. The van der Waals surface area contributed by atoms with Crippen LogP contribution in [-0.2, 0) is 22.7 Å². The molecule has 3 amide bonds. The molecule has 3 aliphatic rings. The van der Waals surface area contributed by atoms with Gasteiger partial charge in [0.15, 0.2) is 0 Å². The maximum Gasteiger partial charge on any atom is 0.255 e. The molecule has 3 aromatic rings. The zero-order chi connectivity index (χ0) is 23.9. The molecule has 7 nitrogen and oxygen atoms in total. The fourth-order valence-electron chi connectivity index (χ4n) is 5.36. The first-order chi connectivity index (χ1) is 17.0. The second kappa shape index (κ2) is 8.74. The van der Waals surface area contributed by atoms with Crippen molar-refractivity contribution in [1.82, 2.24) is 20.1 Å². The third-order valence-electron chi connectivity index (χ3n) is 7.28. The molecule has 1 aromatic heterocycles. The monoisotopic (exact) mass is 466 g/mol. The number of hydrogen-bond donors (Lipinski definition) is 1. The molecule has 2 fully saturated rings. The number of benzene rings is 2. The number of pyridine rings is 1. The number of carbonyl (C=O) groups is 3. The number of amides is 3. The fraction of sp³-hybridized carbons (Fsp3) is 0.286. The number of carbonyl (C=O) groups excluding carboxylic acids is 3. The van der Waals surface area contributed by atoms with Crippen LogP contribution in [0.15, 0.2) is 66.9 Å². The average molecular weight is 467 g/mol. The summed E-state index contributed by atoms with van der Waals surface area (Å²) in [7, 11) is 0. The molecule has 2 saturated heterocycles. The number of hydrogen-bond acceptors (Lipinski definition) is 5. The van der Waals surface area contributed by atoms with Crippen LogP contribution in [-0.4, -0.2) is 51.6 Å². The van der Waals surface area contributed by atoms with E-state index in [1.807, 2.05) is 24.4 Å². The maximum atomic E-state index is 13.0. The van der Waals surface area contributed by atoms with Crippen LogP contribution in [0.3, 0.4) is 0 Å². The lowest BCUT2D eigenvalue weighted by Crippen LogP contribution is -2.52. The Bertz CT molecular complexity index is 1320. The molecule has 1 atom stereocenters. The van der Waals surface area contributed by atoms with Gasteiger partial charge in [-0.3, -0.25) is 29.6 Å². The van der Waals surface area contributed by atoms with Gasteiger partial charge in [-0.1, -0.05) is 36.4 Å². The Balaban J connectivity index is 1.15. The van der Waals surface area contributed by atoms with E-state index in [-0.39, 0.29) is 18.2 Å². The van der Waals surface area contributed by atoms with Gasteiger partial charge in [0.1, 0.15) is 6.04 Å². The van der Waals surface area contributed by atoms with Crippen LogP contribution >= 0.6 is 0 Å². The Morgan fingerprint density at radius 2 is 1.80 bits per heavy atom. The molecule has 176 valence electrons.